The van der Waals surface area contributed by atoms with E-state index in [0.29, 0.717) is 11.3 Å². The minimum absolute atomic E-state index is 0.0125. The van der Waals surface area contributed by atoms with Gasteiger partial charge in [-0.3, -0.25) is 4.79 Å². The zero-order valence-corrected chi connectivity index (χ0v) is 15.2. The number of halogens is 3. The lowest BCUT2D eigenvalue weighted by Crippen LogP contribution is -2.15. The summed E-state index contributed by atoms with van der Waals surface area (Å²) in [6, 6.07) is 14.8. The van der Waals surface area contributed by atoms with Gasteiger partial charge in [0.25, 0.3) is 5.91 Å². The Labute approximate surface area is 157 Å². The highest BCUT2D eigenvalue weighted by molar-refractivity contribution is 7.93. The Morgan fingerprint density at radius 2 is 1.52 bits per heavy atom. The van der Waals surface area contributed by atoms with E-state index in [-0.39, 0.29) is 14.0 Å². The van der Waals surface area contributed by atoms with Gasteiger partial charge in [0.1, 0.15) is 4.21 Å². The summed E-state index contributed by atoms with van der Waals surface area (Å²) in [6.45, 7) is 0. The number of carbonyl (C=O) groups is 1. The van der Waals surface area contributed by atoms with E-state index >= 15 is 0 Å². The Morgan fingerprint density at radius 3 is 2.19 bits per heavy atom. The smallest absolute Gasteiger partial charge is 0.321 e. The summed E-state index contributed by atoms with van der Waals surface area (Å²) in [5.74, 6) is -0.814. The maximum atomic E-state index is 13.0. The molecule has 1 amide bonds. The van der Waals surface area contributed by atoms with Crippen molar-refractivity contribution in [2.75, 3.05) is 5.32 Å². The summed E-state index contributed by atoms with van der Waals surface area (Å²) in [5, 5.41) is 2.19. The van der Waals surface area contributed by atoms with Crippen molar-refractivity contribution >= 4 is 32.8 Å². The Morgan fingerprint density at radius 1 is 0.889 bits per heavy atom. The predicted octanol–water partition coefficient (Wildman–Crippen LogP) is 4.85. The van der Waals surface area contributed by atoms with Gasteiger partial charge in [0, 0.05) is 0 Å². The summed E-state index contributed by atoms with van der Waals surface area (Å²) in [6.07, 6.45) is -4.62. The molecule has 0 fully saturated rings. The van der Waals surface area contributed by atoms with Crippen molar-refractivity contribution in [3.8, 4) is 0 Å². The largest absolute Gasteiger partial charge is 0.418 e. The van der Waals surface area contributed by atoms with Gasteiger partial charge in [-0.25, -0.2) is 8.42 Å². The van der Waals surface area contributed by atoms with Crippen molar-refractivity contribution in [2.24, 2.45) is 0 Å². The highest BCUT2D eigenvalue weighted by Gasteiger charge is 2.33. The first-order valence-electron chi connectivity index (χ1n) is 7.57. The van der Waals surface area contributed by atoms with Gasteiger partial charge in [-0.15, -0.1) is 11.3 Å². The number of sulfone groups is 1. The van der Waals surface area contributed by atoms with Crippen LogP contribution in [0, 0.1) is 0 Å². The molecule has 0 atom stereocenters. The van der Waals surface area contributed by atoms with Crippen LogP contribution in [-0.4, -0.2) is 14.3 Å². The molecule has 0 aliphatic carbocycles. The molecule has 0 saturated carbocycles. The van der Waals surface area contributed by atoms with Gasteiger partial charge < -0.3 is 5.32 Å². The number of hydrogen-bond donors (Lipinski definition) is 1. The number of alkyl halides is 3. The van der Waals surface area contributed by atoms with Crippen molar-refractivity contribution in [1.29, 1.82) is 0 Å². The van der Waals surface area contributed by atoms with E-state index in [1.165, 1.54) is 36.4 Å². The second kappa shape index (κ2) is 7.16. The molecule has 0 radical (unpaired) electrons. The number of anilines is 1. The standard InChI is InChI=1S/C18H12F3NO3S2/c19-18(20,21)13-8-4-5-9-14(13)22-17(23)15-10-11-16(26-15)27(24,25)12-6-2-1-3-7-12/h1-11H,(H,22,23). The molecule has 0 aliphatic rings. The van der Waals surface area contributed by atoms with Gasteiger partial charge in [-0.2, -0.15) is 13.2 Å². The van der Waals surface area contributed by atoms with Gasteiger partial charge in [0.05, 0.1) is 21.0 Å². The molecule has 1 N–H and O–H groups in total. The van der Waals surface area contributed by atoms with Gasteiger partial charge in [-0.1, -0.05) is 30.3 Å². The van der Waals surface area contributed by atoms with Gasteiger partial charge >= 0.3 is 6.18 Å². The number of amides is 1. The van der Waals surface area contributed by atoms with Crippen molar-refractivity contribution in [1.82, 2.24) is 0 Å². The second-order valence-corrected chi connectivity index (χ2v) is 8.69. The molecule has 0 bridgehead atoms. The van der Waals surface area contributed by atoms with Crippen molar-refractivity contribution in [3.05, 3.63) is 77.2 Å². The average Bonchev–Trinajstić information content (AvgIpc) is 3.13. The number of para-hydroxylation sites is 1. The highest BCUT2D eigenvalue weighted by Crippen LogP contribution is 2.35. The quantitative estimate of drug-likeness (QED) is 0.667. The lowest BCUT2D eigenvalue weighted by molar-refractivity contribution is -0.136. The van der Waals surface area contributed by atoms with E-state index in [2.05, 4.69) is 5.32 Å². The van der Waals surface area contributed by atoms with Crippen molar-refractivity contribution < 1.29 is 26.4 Å². The minimum atomic E-state index is -4.62. The topological polar surface area (TPSA) is 63.2 Å². The first-order valence-corrected chi connectivity index (χ1v) is 9.87. The van der Waals surface area contributed by atoms with Crippen molar-refractivity contribution in [2.45, 2.75) is 15.3 Å². The molecular formula is C18H12F3NO3S2. The molecule has 3 rings (SSSR count). The van der Waals surface area contributed by atoms with E-state index < -0.39 is 33.2 Å². The molecule has 1 aromatic heterocycles. The van der Waals surface area contributed by atoms with Crippen LogP contribution < -0.4 is 5.32 Å². The molecule has 1 heterocycles. The molecule has 3 aromatic rings. The van der Waals surface area contributed by atoms with E-state index in [4.69, 9.17) is 0 Å². The number of thiophene rings is 1. The summed E-state index contributed by atoms with van der Waals surface area (Å²) >= 11 is 0.694. The number of carbonyl (C=O) groups excluding carboxylic acids is 1. The van der Waals surface area contributed by atoms with Gasteiger partial charge in [0.2, 0.25) is 9.84 Å². The third-order valence-corrected chi connectivity index (χ3v) is 6.95. The first-order chi connectivity index (χ1) is 12.7. The van der Waals surface area contributed by atoms with Gasteiger partial charge in [0.15, 0.2) is 0 Å². The lowest BCUT2D eigenvalue weighted by atomic mass is 10.1. The van der Waals surface area contributed by atoms with E-state index in [0.717, 1.165) is 12.1 Å². The maximum Gasteiger partial charge on any atom is 0.418 e. The Bertz CT molecular complexity index is 1070. The second-order valence-electron chi connectivity index (χ2n) is 5.43. The number of hydrogen-bond acceptors (Lipinski definition) is 4. The fraction of sp³-hybridized carbons (Fsp3) is 0.0556. The highest BCUT2D eigenvalue weighted by atomic mass is 32.2. The Hall–Kier alpha value is -2.65. The number of rotatable bonds is 4. The molecule has 0 aliphatic heterocycles. The van der Waals surface area contributed by atoms with Crippen LogP contribution in [0.2, 0.25) is 0 Å². The van der Waals surface area contributed by atoms with Crippen LogP contribution >= 0.6 is 11.3 Å². The first kappa shape index (κ1) is 19.1. The molecule has 9 heteroatoms. The van der Waals surface area contributed by atoms with Crippen LogP contribution in [0.1, 0.15) is 15.2 Å². The Balaban J connectivity index is 1.87. The Kier molecular flexibility index (Phi) is 5.07. The maximum absolute atomic E-state index is 13.0. The van der Waals surface area contributed by atoms with E-state index in [9.17, 15) is 26.4 Å². The third kappa shape index (κ3) is 4.04. The zero-order chi connectivity index (χ0) is 19.7. The minimum Gasteiger partial charge on any atom is -0.321 e. The normalized spacial score (nSPS) is 12.0. The van der Waals surface area contributed by atoms with Crippen LogP contribution in [0.25, 0.3) is 0 Å². The van der Waals surface area contributed by atoms with Crippen LogP contribution in [0.3, 0.4) is 0 Å². The monoisotopic (exact) mass is 411 g/mol. The van der Waals surface area contributed by atoms with E-state index in [1.807, 2.05) is 0 Å². The van der Waals surface area contributed by atoms with Crippen LogP contribution in [0.15, 0.2) is 75.8 Å². The molecule has 0 spiro atoms. The average molecular weight is 411 g/mol. The van der Waals surface area contributed by atoms with Gasteiger partial charge in [-0.05, 0) is 36.4 Å². The lowest BCUT2D eigenvalue weighted by Gasteiger charge is -2.12. The molecule has 0 saturated heterocycles. The summed E-state index contributed by atoms with van der Waals surface area (Å²) < 4.78 is 64.1. The summed E-state index contributed by atoms with van der Waals surface area (Å²) in [5.41, 5.74) is -1.37. The molecular weight excluding hydrogens is 399 g/mol. The molecule has 0 unspecified atom stereocenters. The number of nitrogens with one attached hydrogen (secondary N) is 1. The summed E-state index contributed by atoms with van der Waals surface area (Å²) in [7, 11) is -3.80. The fourth-order valence-corrected chi connectivity index (χ4v) is 4.95. The number of benzene rings is 2. The fourth-order valence-electron chi connectivity index (χ4n) is 2.33. The SMILES string of the molecule is O=C(Nc1ccccc1C(F)(F)F)c1ccc(S(=O)(=O)c2ccccc2)s1. The molecule has 27 heavy (non-hydrogen) atoms. The van der Waals surface area contributed by atoms with Crippen LogP contribution in [-0.2, 0) is 16.0 Å². The van der Waals surface area contributed by atoms with Crippen molar-refractivity contribution in [3.63, 3.8) is 0 Å². The third-order valence-electron chi connectivity index (χ3n) is 3.60. The molecule has 140 valence electrons. The molecule has 4 nitrogen and oxygen atoms in total. The van der Waals surface area contributed by atoms with Crippen LogP contribution in [0.4, 0.5) is 18.9 Å². The molecule has 2 aromatic carbocycles. The predicted molar refractivity (Wildman–Crippen MR) is 95.6 cm³/mol. The summed E-state index contributed by atoms with van der Waals surface area (Å²) in [4.78, 5) is 12.4. The zero-order valence-electron chi connectivity index (χ0n) is 13.5. The van der Waals surface area contributed by atoms with Crippen LogP contribution in [0.5, 0.6) is 0 Å². The van der Waals surface area contributed by atoms with E-state index in [1.54, 1.807) is 18.2 Å².